The zero-order valence-corrected chi connectivity index (χ0v) is 14.4. The van der Waals surface area contributed by atoms with Gasteiger partial charge in [-0.05, 0) is 37.3 Å². The summed E-state index contributed by atoms with van der Waals surface area (Å²) in [7, 11) is -3.55. The number of anilines is 1. The van der Waals surface area contributed by atoms with Crippen LogP contribution >= 0.6 is 0 Å². The highest BCUT2D eigenvalue weighted by Gasteiger charge is 2.33. The largest absolute Gasteiger partial charge is 0.479 e. The molecule has 1 aromatic carbocycles. The first-order chi connectivity index (χ1) is 10.8. The molecule has 0 aliphatic carbocycles. The number of carbonyl (C=O) groups is 1. The van der Waals surface area contributed by atoms with Crippen molar-refractivity contribution >= 4 is 21.6 Å². The average molecular weight is 338 g/mol. The topological polar surface area (TPSA) is 75.7 Å². The Morgan fingerprint density at radius 2 is 1.83 bits per heavy atom. The quantitative estimate of drug-likeness (QED) is 0.896. The van der Waals surface area contributed by atoms with Crippen molar-refractivity contribution in [2.75, 3.05) is 18.4 Å². The molecule has 1 aromatic rings. The first kappa shape index (κ1) is 16.3. The normalized spacial score (nSPS) is 28.7. The number of nitrogens with one attached hydrogen (secondary N) is 1. The summed E-state index contributed by atoms with van der Waals surface area (Å²) in [5, 5.41) is 2.71. The molecule has 0 bridgehead atoms. The SMILES string of the molecule is C[C@@H]1C[C@@H](C)CN(S(=O)(=O)c2ccc3c(c2)O[C@H](C)C(=O)N3)C1. The fourth-order valence-electron chi connectivity index (χ4n) is 3.29. The van der Waals surface area contributed by atoms with Crippen molar-refractivity contribution in [1.82, 2.24) is 4.31 Å². The number of carbonyl (C=O) groups excluding carboxylic acids is 1. The third-order valence-corrected chi connectivity index (χ3v) is 6.18. The summed E-state index contributed by atoms with van der Waals surface area (Å²) in [6.45, 7) is 6.86. The van der Waals surface area contributed by atoms with Gasteiger partial charge in [-0.1, -0.05) is 13.8 Å². The molecule has 2 aliphatic heterocycles. The highest BCUT2D eigenvalue weighted by molar-refractivity contribution is 7.89. The van der Waals surface area contributed by atoms with E-state index < -0.39 is 16.1 Å². The zero-order valence-electron chi connectivity index (χ0n) is 13.6. The summed E-state index contributed by atoms with van der Waals surface area (Å²) >= 11 is 0. The summed E-state index contributed by atoms with van der Waals surface area (Å²) in [6, 6.07) is 4.62. The average Bonchev–Trinajstić information content (AvgIpc) is 2.47. The Hall–Kier alpha value is -1.60. The van der Waals surface area contributed by atoms with Crippen LogP contribution in [0, 0.1) is 11.8 Å². The second kappa shape index (κ2) is 5.79. The van der Waals surface area contributed by atoms with E-state index in [1.165, 1.54) is 12.1 Å². The summed E-state index contributed by atoms with van der Waals surface area (Å²) in [5.74, 6) is 0.867. The molecule has 0 radical (unpaired) electrons. The second-order valence-electron chi connectivity index (χ2n) is 6.68. The molecule has 0 aromatic heterocycles. The van der Waals surface area contributed by atoms with E-state index in [-0.39, 0.29) is 10.8 Å². The van der Waals surface area contributed by atoms with Gasteiger partial charge in [-0.3, -0.25) is 4.79 Å². The molecule has 0 unspecified atom stereocenters. The Bertz CT molecular complexity index is 722. The third kappa shape index (κ3) is 3.07. The van der Waals surface area contributed by atoms with Gasteiger partial charge in [0, 0.05) is 19.2 Å². The van der Waals surface area contributed by atoms with Gasteiger partial charge in [-0.15, -0.1) is 0 Å². The van der Waals surface area contributed by atoms with E-state index in [2.05, 4.69) is 19.2 Å². The molecule has 3 rings (SSSR count). The van der Waals surface area contributed by atoms with E-state index in [1.807, 2.05) is 0 Å². The monoisotopic (exact) mass is 338 g/mol. The van der Waals surface area contributed by atoms with Crippen LogP contribution in [0.3, 0.4) is 0 Å². The smallest absolute Gasteiger partial charge is 0.265 e. The van der Waals surface area contributed by atoms with Crippen LogP contribution in [0.5, 0.6) is 5.75 Å². The summed E-state index contributed by atoms with van der Waals surface area (Å²) < 4.78 is 32.9. The lowest BCUT2D eigenvalue weighted by Crippen LogP contribution is -2.42. The summed E-state index contributed by atoms with van der Waals surface area (Å²) in [6.07, 6.45) is 0.415. The maximum Gasteiger partial charge on any atom is 0.265 e. The van der Waals surface area contributed by atoms with Crippen LogP contribution in [0.15, 0.2) is 23.1 Å². The molecule has 1 saturated heterocycles. The Labute approximate surface area is 136 Å². The molecular weight excluding hydrogens is 316 g/mol. The minimum Gasteiger partial charge on any atom is -0.479 e. The van der Waals surface area contributed by atoms with Crippen LogP contribution in [-0.2, 0) is 14.8 Å². The Balaban J connectivity index is 1.92. The predicted octanol–water partition coefficient (Wildman–Crippen LogP) is 2.07. The van der Waals surface area contributed by atoms with Gasteiger partial charge < -0.3 is 10.1 Å². The van der Waals surface area contributed by atoms with Crippen LogP contribution in [0.1, 0.15) is 27.2 Å². The van der Waals surface area contributed by atoms with Gasteiger partial charge in [0.05, 0.1) is 10.6 Å². The number of ether oxygens (including phenoxy) is 1. The van der Waals surface area contributed by atoms with E-state index in [1.54, 1.807) is 17.3 Å². The number of hydrogen-bond acceptors (Lipinski definition) is 4. The molecular formula is C16H22N2O4S. The van der Waals surface area contributed by atoms with E-state index >= 15 is 0 Å². The number of sulfonamides is 1. The number of nitrogens with zero attached hydrogens (tertiary/aromatic N) is 1. The second-order valence-corrected chi connectivity index (χ2v) is 8.61. The third-order valence-electron chi connectivity index (χ3n) is 4.36. The summed E-state index contributed by atoms with van der Waals surface area (Å²) in [5.41, 5.74) is 0.507. The lowest BCUT2D eigenvalue weighted by atomic mass is 9.94. The first-order valence-electron chi connectivity index (χ1n) is 7.89. The molecule has 1 amide bonds. The fraction of sp³-hybridized carbons (Fsp3) is 0.562. The van der Waals surface area contributed by atoms with Crippen molar-refractivity contribution in [3.63, 3.8) is 0 Å². The molecule has 126 valence electrons. The van der Waals surface area contributed by atoms with Crippen molar-refractivity contribution in [2.24, 2.45) is 11.8 Å². The highest BCUT2D eigenvalue weighted by atomic mass is 32.2. The van der Waals surface area contributed by atoms with Gasteiger partial charge in [0.25, 0.3) is 5.91 Å². The van der Waals surface area contributed by atoms with Crippen LogP contribution < -0.4 is 10.1 Å². The van der Waals surface area contributed by atoms with Crippen molar-refractivity contribution in [3.05, 3.63) is 18.2 Å². The van der Waals surface area contributed by atoms with E-state index in [0.717, 1.165) is 6.42 Å². The molecule has 0 saturated carbocycles. The van der Waals surface area contributed by atoms with Crippen molar-refractivity contribution in [3.8, 4) is 5.75 Å². The first-order valence-corrected chi connectivity index (χ1v) is 9.33. The number of amides is 1. The van der Waals surface area contributed by atoms with Gasteiger partial charge in [-0.2, -0.15) is 4.31 Å². The molecule has 1 fully saturated rings. The van der Waals surface area contributed by atoms with Crippen molar-refractivity contribution in [1.29, 1.82) is 0 Å². The Morgan fingerprint density at radius 1 is 1.17 bits per heavy atom. The number of hydrogen-bond donors (Lipinski definition) is 1. The van der Waals surface area contributed by atoms with Crippen LogP contribution in [0.2, 0.25) is 0 Å². The molecule has 3 atom stereocenters. The fourth-order valence-corrected chi connectivity index (χ4v) is 4.99. The van der Waals surface area contributed by atoms with Crippen LogP contribution in [0.4, 0.5) is 5.69 Å². The van der Waals surface area contributed by atoms with Gasteiger partial charge in [0.1, 0.15) is 5.75 Å². The van der Waals surface area contributed by atoms with Gasteiger partial charge in [-0.25, -0.2) is 8.42 Å². The van der Waals surface area contributed by atoms with Gasteiger partial charge in [0.15, 0.2) is 6.10 Å². The molecule has 23 heavy (non-hydrogen) atoms. The summed E-state index contributed by atoms with van der Waals surface area (Å²) in [4.78, 5) is 11.8. The molecule has 2 aliphatic rings. The minimum atomic E-state index is -3.55. The van der Waals surface area contributed by atoms with Crippen molar-refractivity contribution in [2.45, 2.75) is 38.2 Å². The van der Waals surface area contributed by atoms with Crippen LogP contribution in [0.25, 0.3) is 0 Å². The van der Waals surface area contributed by atoms with Gasteiger partial charge in [0.2, 0.25) is 10.0 Å². The molecule has 7 heteroatoms. The molecule has 2 heterocycles. The minimum absolute atomic E-state index is 0.209. The maximum atomic E-state index is 12.9. The highest BCUT2D eigenvalue weighted by Crippen LogP contribution is 2.34. The number of fused-ring (bicyclic) bond motifs is 1. The zero-order chi connectivity index (χ0) is 16.8. The Morgan fingerprint density at radius 3 is 2.48 bits per heavy atom. The number of piperidine rings is 1. The molecule has 6 nitrogen and oxygen atoms in total. The lowest BCUT2D eigenvalue weighted by Gasteiger charge is -2.34. The lowest BCUT2D eigenvalue weighted by molar-refractivity contribution is -0.122. The predicted molar refractivity (Wildman–Crippen MR) is 86.9 cm³/mol. The standard InChI is InChI=1S/C16H22N2O4S/c1-10-6-11(2)9-18(8-10)23(20,21)13-4-5-14-15(7-13)22-12(3)16(19)17-14/h4-5,7,10-12H,6,8-9H2,1-3H3,(H,17,19)/t10-,11-,12-/m1/s1. The van der Waals surface area contributed by atoms with E-state index in [9.17, 15) is 13.2 Å². The van der Waals surface area contributed by atoms with Crippen LogP contribution in [-0.4, -0.2) is 37.8 Å². The Kier molecular flexibility index (Phi) is 4.10. The van der Waals surface area contributed by atoms with E-state index in [0.29, 0.717) is 36.4 Å². The van der Waals surface area contributed by atoms with Gasteiger partial charge >= 0.3 is 0 Å². The number of rotatable bonds is 2. The molecule has 1 N–H and O–H groups in total. The number of benzene rings is 1. The maximum absolute atomic E-state index is 12.9. The van der Waals surface area contributed by atoms with Crippen molar-refractivity contribution < 1.29 is 17.9 Å². The molecule has 0 spiro atoms. The van der Waals surface area contributed by atoms with E-state index in [4.69, 9.17) is 4.74 Å².